The second-order valence-electron chi connectivity index (χ2n) is 11.6. The van der Waals surface area contributed by atoms with Crippen LogP contribution >= 0.6 is 0 Å². The molecule has 12 heteroatoms. The maximum absolute atomic E-state index is 13.9. The molecule has 0 bridgehead atoms. The lowest BCUT2D eigenvalue weighted by Gasteiger charge is -2.30. The smallest absolute Gasteiger partial charge is 0.408 e. The highest BCUT2D eigenvalue weighted by Gasteiger charge is 2.61. The van der Waals surface area contributed by atoms with Gasteiger partial charge in [0.1, 0.15) is 23.2 Å². The van der Waals surface area contributed by atoms with Gasteiger partial charge in [-0.3, -0.25) is 9.59 Å². The van der Waals surface area contributed by atoms with Crippen LogP contribution in [0.25, 0.3) is 0 Å². The molecule has 0 unspecified atom stereocenters. The normalized spacial score (nSPS) is 31.2. The molecule has 0 spiro atoms. The molecule has 12 nitrogen and oxygen atoms in total. The minimum absolute atomic E-state index is 0.178. The molecule has 3 heterocycles. The molecule has 0 aromatic carbocycles. The Bertz CT molecular complexity index is 1110. The van der Waals surface area contributed by atoms with Crippen LogP contribution in [0, 0.1) is 12.8 Å². The lowest BCUT2D eigenvalue weighted by atomic mass is 10.0. The average Bonchev–Trinajstić information content (AvgIpc) is 3.13. The van der Waals surface area contributed by atoms with E-state index >= 15 is 0 Å². The third-order valence-corrected chi connectivity index (χ3v) is 7.43. The summed E-state index contributed by atoms with van der Waals surface area (Å²) < 4.78 is 7.08. The molecule has 5 atom stereocenters. The highest BCUT2D eigenvalue weighted by molar-refractivity contribution is 5.96. The standard InChI is InChI=1S/C26H38N6O6/c1-16-14-27-30-32(16)18-12-20-21(33)29-26(23(35)36)13-17(26)10-8-6-5-7-9-11-19(22(34)31(20)15-18)28-24(37)38-25(2,3)4/h8,10,14,17-20H,5-7,9,11-13,15H2,1-4H3,(H,28,37)(H,29,33)(H,35,36)/b10-8-/t17-,18+,19-,20-,26+/m0/s1. The van der Waals surface area contributed by atoms with Crippen molar-refractivity contribution in [3.05, 3.63) is 24.0 Å². The van der Waals surface area contributed by atoms with E-state index in [1.54, 1.807) is 31.6 Å². The summed E-state index contributed by atoms with van der Waals surface area (Å²) in [5.74, 6) is -2.31. The molecule has 1 aromatic rings. The zero-order valence-corrected chi connectivity index (χ0v) is 22.5. The number of aliphatic carboxylic acids is 1. The van der Waals surface area contributed by atoms with E-state index in [2.05, 4.69) is 20.9 Å². The largest absolute Gasteiger partial charge is 0.479 e. The number of aryl methyl sites for hydroxylation is 1. The molecule has 208 valence electrons. The Kier molecular flexibility index (Phi) is 7.80. The number of rotatable bonds is 3. The summed E-state index contributed by atoms with van der Waals surface area (Å²) in [7, 11) is 0. The number of carbonyl (C=O) groups excluding carboxylic acids is 3. The second kappa shape index (κ2) is 10.7. The fraction of sp³-hybridized carbons (Fsp3) is 0.692. The van der Waals surface area contributed by atoms with E-state index < -0.39 is 47.1 Å². The topological polar surface area (TPSA) is 156 Å². The summed E-state index contributed by atoms with van der Waals surface area (Å²) in [5, 5.41) is 23.5. The summed E-state index contributed by atoms with van der Waals surface area (Å²) in [6.07, 6.45) is 8.84. The number of aromatic nitrogens is 3. The van der Waals surface area contributed by atoms with Gasteiger partial charge in [0.2, 0.25) is 11.8 Å². The number of carboxylic acid groups (broad SMARTS) is 1. The molecule has 1 aromatic heterocycles. The molecule has 2 fully saturated rings. The fourth-order valence-corrected chi connectivity index (χ4v) is 5.36. The van der Waals surface area contributed by atoms with Gasteiger partial charge in [-0.15, -0.1) is 5.10 Å². The first-order valence-corrected chi connectivity index (χ1v) is 13.3. The van der Waals surface area contributed by atoms with Gasteiger partial charge in [-0.05, 0) is 53.4 Å². The first-order valence-electron chi connectivity index (χ1n) is 13.3. The Labute approximate surface area is 222 Å². The number of nitrogens with one attached hydrogen (secondary N) is 2. The van der Waals surface area contributed by atoms with Crippen LogP contribution in [0.5, 0.6) is 0 Å². The molecule has 3 N–H and O–H groups in total. The van der Waals surface area contributed by atoms with Crippen LogP contribution in [0.2, 0.25) is 0 Å². The molecular formula is C26H38N6O6. The van der Waals surface area contributed by atoms with Crippen molar-refractivity contribution in [1.82, 2.24) is 30.5 Å². The van der Waals surface area contributed by atoms with Gasteiger partial charge in [-0.2, -0.15) is 0 Å². The molecule has 1 aliphatic carbocycles. The number of carbonyl (C=O) groups is 4. The highest BCUT2D eigenvalue weighted by atomic mass is 16.6. The zero-order valence-electron chi connectivity index (χ0n) is 22.5. The summed E-state index contributed by atoms with van der Waals surface area (Å²) >= 11 is 0. The Hall–Kier alpha value is -3.44. The quantitative estimate of drug-likeness (QED) is 0.502. The second-order valence-corrected chi connectivity index (χ2v) is 11.6. The first-order chi connectivity index (χ1) is 17.9. The van der Waals surface area contributed by atoms with Gasteiger partial charge in [0.25, 0.3) is 0 Å². The predicted octanol–water partition coefficient (Wildman–Crippen LogP) is 2.10. The van der Waals surface area contributed by atoms with Gasteiger partial charge in [0.05, 0.1) is 17.9 Å². The predicted molar refractivity (Wildman–Crippen MR) is 136 cm³/mol. The van der Waals surface area contributed by atoms with Gasteiger partial charge < -0.3 is 25.4 Å². The average molecular weight is 531 g/mol. The summed E-state index contributed by atoms with van der Waals surface area (Å²) in [5.41, 5.74) is -1.34. The van der Waals surface area contributed by atoms with E-state index in [0.29, 0.717) is 19.3 Å². The molecule has 3 aliphatic rings. The van der Waals surface area contributed by atoms with Gasteiger partial charge in [-0.1, -0.05) is 30.2 Å². The van der Waals surface area contributed by atoms with Crippen LogP contribution in [0.4, 0.5) is 4.79 Å². The first kappa shape index (κ1) is 27.6. The number of hydrogen-bond acceptors (Lipinski definition) is 7. The number of hydrogen-bond donors (Lipinski definition) is 3. The van der Waals surface area contributed by atoms with Crippen LogP contribution in [0.15, 0.2) is 18.3 Å². The van der Waals surface area contributed by atoms with Gasteiger partial charge in [-0.25, -0.2) is 14.3 Å². The van der Waals surface area contributed by atoms with E-state index in [1.165, 1.54) is 4.90 Å². The third-order valence-electron chi connectivity index (χ3n) is 7.43. The molecule has 2 aliphatic heterocycles. The highest BCUT2D eigenvalue weighted by Crippen LogP contribution is 2.45. The Morgan fingerprint density at radius 3 is 2.66 bits per heavy atom. The number of nitrogens with zero attached hydrogens (tertiary/aromatic N) is 4. The lowest BCUT2D eigenvalue weighted by Crippen LogP contribution is -2.56. The van der Waals surface area contributed by atoms with Crippen LogP contribution in [0.1, 0.15) is 77.5 Å². The number of alkyl carbamates (subject to hydrolysis) is 1. The minimum Gasteiger partial charge on any atom is -0.479 e. The number of fused-ring (bicyclic) bond motifs is 2. The molecule has 38 heavy (non-hydrogen) atoms. The summed E-state index contributed by atoms with van der Waals surface area (Å²) in [4.78, 5) is 53.8. The van der Waals surface area contributed by atoms with Crippen LogP contribution < -0.4 is 10.6 Å². The number of ether oxygens (including phenoxy) is 1. The minimum atomic E-state index is -1.38. The van der Waals surface area contributed by atoms with Gasteiger partial charge >= 0.3 is 12.1 Å². The maximum atomic E-state index is 13.9. The lowest BCUT2D eigenvalue weighted by molar-refractivity contribution is -0.145. The van der Waals surface area contributed by atoms with E-state index in [0.717, 1.165) is 25.0 Å². The van der Waals surface area contributed by atoms with Crippen molar-refractivity contribution >= 4 is 23.9 Å². The summed E-state index contributed by atoms with van der Waals surface area (Å²) in [6, 6.07) is -2.14. The Morgan fingerprint density at radius 1 is 1.24 bits per heavy atom. The third kappa shape index (κ3) is 5.99. The van der Waals surface area contributed by atoms with E-state index in [9.17, 15) is 24.3 Å². The number of allylic oxidation sites excluding steroid dienone is 1. The van der Waals surface area contributed by atoms with Crippen LogP contribution in [-0.4, -0.2) is 78.6 Å². The van der Waals surface area contributed by atoms with Crippen molar-refractivity contribution in [2.45, 2.75) is 102 Å². The monoisotopic (exact) mass is 530 g/mol. The van der Waals surface area contributed by atoms with Crippen molar-refractivity contribution in [3.8, 4) is 0 Å². The van der Waals surface area contributed by atoms with Crippen LogP contribution in [-0.2, 0) is 19.1 Å². The zero-order chi connectivity index (χ0) is 27.7. The van der Waals surface area contributed by atoms with Crippen molar-refractivity contribution < 1.29 is 29.0 Å². The molecule has 3 amide bonds. The van der Waals surface area contributed by atoms with E-state index in [4.69, 9.17) is 4.74 Å². The molecule has 4 rings (SSSR count). The van der Waals surface area contributed by atoms with Crippen molar-refractivity contribution in [3.63, 3.8) is 0 Å². The number of carboxylic acids is 1. The van der Waals surface area contributed by atoms with Gasteiger partial charge in [0.15, 0.2) is 0 Å². The van der Waals surface area contributed by atoms with Crippen molar-refractivity contribution in [1.29, 1.82) is 0 Å². The number of amides is 3. The maximum Gasteiger partial charge on any atom is 0.408 e. The SMILES string of the molecule is Cc1cnnn1[C@@H]1C[C@H]2C(=O)N[C@]3(C(=O)O)C[C@@H]3/C=C\CCCCC[C@H](NC(=O)OC(C)(C)C)C(=O)N2C1. The van der Waals surface area contributed by atoms with Crippen LogP contribution in [0.3, 0.4) is 0 Å². The summed E-state index contributed by atoms with van der Waals surface area (Å²) in [6.45, 7) is 7.25. The fourth-order valence-electron chi connectivity index (χ4n) is 5.36. The van der Waals surface area contributed by atoms with Gasteiger partial charge in [0, 0.05) is 18.9 Å². The Morgan fingerprint density at radius 2 is 2.00 bits per heavy atom. The Balaban J connectivity index is 1.64. The molecular weight excluding hydrogens is 492 g/mol. The van der Waals surface area contributed by atoms with Crippen molar-refractivity contribution in [2.75, 3.05) is 6.54 Å². The van der Waals surface area contributed by atoms with Crippen molar-refractivity contribution in [2.24, 2.45) is 5.92 Å². The van der Waals surface area contributed by atoms with E-state index in [1.807, 2.05) is 19.1 Å². The molecule has 0 radical (unpaired) electrons. The van der Waals surface area contributed by atoms with E-state index in [-0.39, 0.29) is 24.9 Å². The molecule has 1 saturated heterocycles. The molecule has 1 saturated carbocycles.